The molecular weight excluding hydrogens is 320 g/mol. The van der Waals surface area contributed by atoms with Crippen molar-refractivity contribution in [3.05, 3.63) is 10.6 Å². The molecule has 3 rings (SSSR count). The van der Waals surface area contributed by atoms with Crippen LogP contribution in [0.15, 0.2) is 10.6 Å². The molecule has 0 aromatic carbocycles. The first-order valence-corrected chi connectivity index (χ1v) is 8.71. The summed E-state index contributed by atoms with van der Waals surface area (Å²) < 4.78 is 5.57. The number of carbonyl (C=O) groups excluding carboxylic acids is 1. The lowest BCUT2D eigenvalue weighted by atomic mass is 9.79. The maximum absolute atomic E-state index is 12.2. The summed E-state index contributed by atoms with van der Waals surface area (Å²) >= 11 is 1.48. The predicted molar refractivity (Wildman–Crippen MR) is 84.4 cm³/mol. The van der Waals surface area contributed by atoms with Crippen LogP contribution in [0.1, 0.15) is 20.3 Å². The summed E-state index contributed by atoms with van der Waals surface area (Å²) in [6.45, 7) is 4.49. The van der Waals surface area contributed by atoms with Crippen molar-refractivity contribution in [2.45, 2.75) is 43.8 Å². The van der Waals surface area contributed by atoms with Gasteiger partial charge in [0, 0.05) is 22.6 Å². The van der Waals surface area contributed by atoms with E-state index in [0.717, 1.165) is 6.42 Å². The van der Waals surface area contributed by atoms with E-state index in [9.17, 15) is 19.8 Å². The molecule has 6 atom stereocenters. The molecule has 3 aliphatic rings. The lowest BCUT2D eigenvalue weighted by Gasteiger charge is -2.46. The second kappa shape index (κ2) is 6.08. The largest absolute Gasteiger partial charge is 0.477 e. The van der Waals surface area contributed by atoms with Gasteiger partial charge in [0.25, 0.3) is 0 Å². The Morgan fingerprint density at radius 3 is 2.78 bits per heavy atom. The topological polar surface area (TPSA) is 113 Å². The molecule has 128 valence electrons. The lowest BCUT2D eigenvalue weighted by Crippen LogP contribution is -2.63. The number of hydrogen-bond donors (Lipinski definition) is 3. The molecule has 0 aromatic rings. The number of rotatable bonds is 5. The fourth-order valence-electron chi connectivity index (χ4n) is 3.78. The zero-order valence-electron chi connectivity index (χ0n) is 13.1. The minimum atomic E-state index is -1.09. The summed E-state index contributed by atoms with van der Waals surface area (Å²) in [4.78, 5) is 26.0. The Labute approximate surface area is 138 Å². The van der Waals surface area contributed by atoms with Gasteiger partial charge < -0.3 is 25.6 Å². The van der Waals surface area contributed by atoms with Crippen LogP contribution in [0.5, 0.6) is 0 Å². The van der Waals surface area contributed by atoms with Gasteiger partial charge in [0.2, 0.25) is 5.91 Å². The van der Waals surface area contributed by atoms with Gasteiger partial charge in [-0.1, -0.05) is 6.92 Å². The third kappa shape index (κ3) is 2.57. The van der Waals surface area contributed by atoms with Crippen molar-refractivity contribution >= 4 is 23.6 Å². The summed E-state index contributed by atoms with van der Waals surface area (Å²) in [6, 6.07) is -0.260. The molecule has 0 aliphatic carbocycles. The zero-order valence-corrected chi connectivity index (χ0v) is 14.0. The van der Waals surface area contributed by atoms with Gasteiger partial charge in [-0.2, -0.15) is 0 Å². The molecule has 0 spiro atoms. The van der Waals surface area contributed by atoms with Crippen LogP contribution < -0.4 is 5.73 Å². The average molecular weight is 342 g/mol. The number of nitrogens with zero attached hydrogens (tertiary/aromatic N) is 1. The Kier molecular flexibility index (Phi) is 4.43. The Morgan fingerprint density at radius 1 is 1.57 bits per heavy atom. The average Bonchev–Trinajstić information content (AvgIpc) is 3.02. The number of aliphatic carboxylic acids is 1. The maximum Gasteiger partial charge on any atom is 0.353 e. The molecule has 0 saturated carbocycles. The number of aliphatic hydroxyl groups is 1. The van der Waals surface area contributed by atoms with Gasteiger partial charge in [0.1, 0.15) is 5.70 Å². The molecule has 7 nitrogen and oxygen atoms in total. The molecule has 1 amide bonds. The first kappa shape index (κ1) is 16.8. The fraction of sp³-hybridized carbons (Fsp3) is 0.733. The number of carboxylic acids is 1. The van der Waals surface area contributed by atoms with Crippen LogP contribution in [-0.4, -0.2) is 63.6 Å². The zero-order chi connectivity index (χ0) is 16.9. The highest BCUT2D eigenvalue weighted by atomic mass is 32.2. The molecule has 3 aliphatic heterocycles. The van der Waals surface area contributed by atoms with Crippen LogP contribution in [0.3, 0.4) is 0 Å². The van der Waals surface area contributed by atoms with Crippen LogP contribution in [0.25, 0.3) is 0 Å². The number of fused-ring (bicyclic) bond motifs is 1. The number of β-lactam (4-membered cyclic amide) rings is 1. The monoisotopic (exact) mass is 342 g/mol. The van der Waals surface area contributed by atoms with Gasteiger partial charge in [-0.3, -0.25) is 4.79 Å². The minimum absolute atomic E-state index is 0.0157. The number of nitrogens with two attached hydrogens (primary N) is 1. The van der Waals surface area contributed by atoms with E-state index in [1.165, 1.54) is 16.7 Å². The SMILES string of the molecule is C[C@@H](O)[C@H]1C(=O)N2C(C(=O)O)=C(S[C@@H]3CO[C@H](CN)C3)[C@H](C)[C@H]12. The lowest BCUT2D eigenvalue weighted by molar-refractivity contribution is -0.163. The molecular formula is C15H22N2O5S. The van der Waals surface area contributed by atoms with Crippen molar-refractivity contribution in [1.82, 2.24) is 4.90 Å². The van der Waals surface area contributed by atoms with Gasteiger partial charge in [-0.25, -0.2) is 4.79 Å². The standard InChI is InChI=1S/C15H22N2O5S/c1-6-11-10(7(2)18)14(19)17(11)12(15(20)21)13(6)23-9-3-8(4-16)22-5-9/h6-11,18H,3-5,16H2,1-2H3,(H,20,21)/t6-,7-,8+,9+,10-,11-/m1/s1. The Hall–Kier alpha value is -1.09. The predicted octanol–water partition coefficient (Wildman–Crippen LogP) is -0.0105. The summed E-state index contributed by atoms with van der Waals surface area (Å²) in [5.74, 6) is -2.00. The van der Waals surface area contributed by atoms with Gasteiger partial charge in [0.05, 0.1) is 30.8 Å². The minimum Gasteiger partial charge on any atom is -0.477 e. The number of carbonyl (C=O) groups is 2. The summed E-state index contributed by atoms with van der Waals surface area (Å²) in [5, 5.41) is 19.5. The van der Waals surface area contributed by atoms with Crippen LogP contribution in [0, 0.1) is 11.8 Å². The Morgan fingerprint density at radius 2 is 2.26 bits per heavy atom. The molecule has 23 heavy (non-hydrogen) atoms. The molecule has 8 heteroatoms. The number of amides is 1. The summed E-state index contributed by atoms with van der Waals surface area (Å²) in [6.07, 6.45) is 0.0203. The van der Waals surface area contributed by atoms with E-state index in [2.05, 4.69) is 0 Å². The molecule has 0 bridgehead atoms. The molecule has 0 unspecified atom stereocenters. The van der Waals surface area contributed by atoms with Crippen molar-refractivity contribution in [2.24, 2.45) is 17.6 Å². The van der Waals surface area contributed by atoms with Crippen LogP contribution >= 0.6 is 11.8 Å². The van der Waals surface area contributed by atoms with Crippen LogP contribution in [0.2, 0.25) is 0 Å². The van der Waals surface area contributed by atoms with Crippen LogP contribution in [0.4, 0.5) is 0 Å². The van der Waals surface area contributed by atoms with Crippen molar-refractivity contribution in [3.8, 4) is 0 Å². The first-order valence-electron chi connectivity index (χ1n) is 7.83. The summed E-state index contributed by atoms with van der Waals surface area (Å²) in [5.41, 5.74) is 5.68. The van der Waals surface area contributed by atoms with Gasteiger partial charge in [-0.15, -0.1) is 11.8 Å². The van der Waals surface area contributed by atoms with E-state index >= 15 is 0 Å². The number of thioether (sulfide) groups is 1. The third-order valence-electron chi connectivity index (χ3n) is 4.91. The molecule has 3 heterocycles. The smallest absolute Gasteiger partial charge is 0.353 e. The van der Waals surface area contributed by atoms with Gasteiger partial charge in [-0.05, 0) is 13.3 Å². The second-order valence-electron chi connectivity index (χ2n) is 6.44. The van der Waals surface area contributed by atoms with E-state index in [0.29, 0.717) is 18.1 Å². The Balaban J connectivity index is 1.83. The molecule has 0 aromatic heterocycles. The second-order valence-corrected chi connectivity index (χ2v) is 7.78. The van der Waals surface area contributed by atoms with E-state index < -0.39 is 18.0 Å². The van der Waals surface area contributed by atoms with Crippen molar-refractivity contribution in [1.29, 1.82) is 0 Å². The highest BCUT2D eigenvalue weighted by molar-refractivity contribution is 8.03. The molecule has 2 saturated heterocycles. The van der Waals surface area contributed by atoms with Crippen molar-refractivity contribution < 1.29 is 24.5 Å². The molecule has 4 N–H and O–H groups in total. The third-order valence-corrected chi connectivity index (χ3v) is 6.39. The highest BCUT2D eigenvalue weighted by Gasteiger charge is 2.60. The highest BCUT2D eigenvalue weighted by Crippen LogP contribution is 2.51. The quantitative estimate of drug-likeness (QED) is 0.602. The van der Waals surface area contributed by atoms with E-state index in [1.54, 1.807) is 6.92 Å². The van der Waals surface area contributed by atoms with Crippen LogP contribution in [-0.2, 0) is 14.3 Å². The van der Waals surface area contributed by atoms with E-state index in [1.807, 2.05) is 6.92 Å². The normalized spacial score (nSPS) is 37.8. The fourth-order valence-corrected chi connectivity index (χ4v) is 5.25. The van der Waals surface area contributed by atoms with Crippen molar-refractivity contribution in [2.75, 3.05) is 13.2 Å². The van der Waals surface area contributed by atoms with E-state index in [4.69, 9.17) is 10.5 Å². The van der Waals surface area contributed by atoms with Gasteiger partial charge >= 0.3 is 5.97 Å². The van der Waals surface area contributed by atoms with Gasteiger partial charge in [0.15, 0.2) is 0 Å². The number of aliphatic hydroxyl groups excluding tert-OH is 1. The number of carboxylic acid groups (broad SMARTS) is 1. The summed E-state index contributed by atoms with van der Waals surface area (Å²) in [7, 11) is 0. The maximum atomic E-state index is 12.2. The molecule has 0 radical (unpaired) electrons. The van der Waals surface area contributed by atoms with E-state index in [-0.39, 0.29) is 34.9 Å². The van der Waals surface area contributed by atoms with Crippen molar-refractivity contribution in [3.63, 3.8) is 0 Å². The Bertz CT molecular complexity index is 564. The number of ether oxygens (including phenoxy) is 1. The molecule has 2 fully saturated rings. The number of hydrogen-bond acceptors (Lipinski definition) is 6. The first-order chi connectivity index (χ1) is 10.9.